The standard InChI is InChI=1S/C25H32FN3O4S/c1-25(2,3)29-34(32)21-10-8-20(9-11-21)27-24(31)22(16-17-12-14-33-15-13-17)28-23(30)18-4-6-19(26)7-5-18/h4-11,17,22,29H,12-16H2,1-3H3,(H,27,31)(H,28,30). The molecule has 7 nitrogen and oxygen atoms in total. The van der Waals surface area contributed by atoms with Gasteiger partial charge in [-0.25, -0.2) is 13.3 Å². The number of hydrogen-bond donors (Lipinski definition) is 3. The summed E-state index contributed by atoms with van der Waals surface area (Å²) in [5.41, 5.74) is 0.511. The first-order valence-corrected chi connectivity index (χ1v) is 12.5. The lowest BCUT2D eigenvalue weighted by molar-refractivity contribution is -0.118. The third-order valence-electron chi connectivity index (χ3n) is 5.37. The first-order chi connectivity index (χ1) is 16.1. The summed E-state index contributed by atoms with van der Waals surface area (Å²) >= 11 is 0. The number of halogens is 1. The van der Waals surface area contributed by atoms with Crippen LogP contribution in [0.3, 0.4) is 0 Å². The summed E-state index contributed by atoms with van der Waals surface area (Å²) in [5, 5.41) is 5.65. The van der Waals surface area contributed by atoms with Crippen molar-refractivity contribution in [3.63, 3.8) is 0 Å². The van der Waals surface area contributed by atoms with Crippen molar-refractivity contribution in [1.29, 1.82) is 0 Å². The molecule has 3 N–H and O–H groups in total. The summed E-state index contributed by atoms with van der Waals surface area (Å²) in [6.07, 6.45) is 2.11. The lowest BCUT2D eigenvalue weighted by atomic mass is 9.92. The summed E-state index contributed by atoms with van der Waals surface area (Å²) in [6, 6.07) is 11.2. The number of hydrogen-bond acceptors (Lipinski definition) is 4. The molecule has 0 saturated carbocycles. The molecule has 3 rings (SSSR count). The normalized spacial score (nSPS) is 16.5. The minimum atomic E-state index is -1.38. The molecule has 2 amide bonds. The number of carbonyl (C=O) groups is 2. The van der Waals surface area contributed by atoms with E-state index in [0.717, 1.165) is 12.8 Å². The Morgan fingerprint density at radius 1 is 1.06 bits per heavy atom. The van der Waals surface area contributed by atoms with Gasteiger partial charge < -0.3 is 15.4 Å². The quantitative estimate of drug-likeness (QED) is 0.526. The molecule has 184 valence electrons. The summed E-state index contributed by atoms with van der Waals surface area (Å²) in [4.78, 5) is 26.4. The van der Waals surface area contributed by atoms with Gasteiger partial charge in [-0.15, -0.1) is 0 Å². The molecule has 2 aromatic rings. The van der Waals surface area contributed by atoms with Crippen molar-refractivity contribution < 1.29 is 22.9 Å². The Labute approximate surface area is 202 Å². The Morgan fingerprint density at radius 3 is 2.26 bits per heavy atom. The van der Waals surface area contributed by atoms with Gasteiger partial charge in [-0.1, -0.05) is 0 Å². The monoisotopic (exact) mass is 489 g/mol. The van der Waals surface area contributed by atoms with Crippen molar-refractivity contribution in [3.8, 4) is 0 Å². The second-order valence-corrected chi connectivity index (χ2v) is 10.7. The molecule has 0 aliphatic carbocycles. The van der Waals surface area contributed by atoms with Crippen molar-refractivity contribution in [1.82, 2.24) is 10.0 Å². The lowest BCUT2D eigenvalue weighted by Crippen LogP contribution is -2.45. The number of rotatable bonds is 8. The molecule has 0 spiro atoms. The fraction of sp³-hybridized carbons (Fsp3) is 0.440. The summed E-state index contributed by atoms with van der Waals surface area (Å²) < 4.78 is 34.1. The van der Waals surface area contributed by atoms with Crippen molar-refractivity contribution in [2.24, 2.45) is 5.92 Å². The summed E-state index contributed by atoms with van der Waals surface area (Å²) in [5.74, 6) is -0.976. The van der Waals surface area contributed by atoms with E-state index in [1.54, 1.807) is 24.3 Å². The third-order valence-corrected chi connectivity index (χ3v) is 6.87. The van der Waals surface area contributed by atoms with Crippen molar-refractivity contribution >= 4 is 28.5 Å². The number of carbonyl (C=O) groups excluding carboxylic acids is 2. The van der Waals surface area contributed by atoms with Crippen LogP contribution in [-0.4, -0.2) is 40.8 Å². The van der Waals surface area contributed by atoms with Gasteiger partial charge in [0.15, 0.2) is 0 Å². The van der Waals surface area contributed by atoms with Crippen LogP contribution in [0.15, 0.2) is 53.4 Å². The Bertz CT molecular complexity index is 1000. The molecule has 0 aromatic heterocycles. The molecule has 2 aromatic carbocycles. The number of benzene rings is 2. The largest absolute Gasteiger partial charge is 0.381 e. The van der Waals surface area contributed by atoms with Crippen LogP contribution < -0.4 is 15.4 Å². The fourth-order valence-corrected chi connectivity index (χ4v) is 4.68. The number of nitrogens with one attached hydrogen (secondary N) is 3. The van der Waals surface area contributed by atoms with Gasteiger partial charge in [0, 0.05) is 30.0 Å². The molecule has 1 aliphatic rings. The van der Waals surface area contributed by atoms with E-state index in [9.17, 15) is 18.2 Å². The smallest absolute Gasteiger partial charge is 0.251 e. The van der Waals surface area contributed by atoms with E-state index in [1.807, 2.05) is 20.8 Å². The zero-order chi connectivity index (χ0) is 24.7. The first kappa shape index (κ1) is 26.0. The highest BCUT2D eigenvalue weighted by atomic mass is 32.2. The highest BCUT2D eigenvalue weighted by Crippen LogP contribution is 2.22. The van der Waals surface area contributed by atoms with Crippen LogP contribution in [0.2, 0.25) is 0 Å². The molecule has 2 unspecified atom stereocenters. The van der Waals surface area contributed by atoms with Crippen LogP contribution in [0.5, 0.6) is 0 Å². The average molecular weight is 490 g/mol. The number of amides is 2. The van der Waals surface area contributed by atoms with E-state index in [-0.39, 0.29) is 22.9 Å². The molecule has 2 atom stereocenters. The SMILES string of the molecule is CC(C)(C)NS(=O)c1ccc(NC(=O)C(CC2CCOCC2)NC(=O)c2ccc(F)cc2)cc1. The fourth-order valence-electron chi connectivity index (χ4n) is 3.62. The predicted octanol–water partition coefficient (Wildman–Crippen LogP) is 3.79. The highest BCUT2D eigenvalue weighted by Gasteiger charge is 2.27. The van der Waals surface area contributed by atoms with Gasteiger partial charge in [-0.05, 0) is 94.5 Å². The van der Waals surface area contributed by atoms with Gasteiger partial charge in [-0.2, -0.15) is 0 Å². The van der Waals surface area contributed by atoms with E-state index < -0.39 is 28.8 Å². The Kier molecular flexibility index (Phi) is 8.93. The maximum Gasteiger partial charge on any atom is 0.251 e. The number of ether oxygens (including phenoxy) is 1. The van der Waals surface area contributed by atoms with E-state index in [4.69, 9.17) is 4.74 Å². The summed E-state index contributed by atoms with van der Waals surface area (Å²) in [6.45, 7) is 7.05. The number of anilines is 1. The highest BCUT2D eigenvalue weighted by molar-refractivity contribution is 7.83. The molecular formula is C25H32FN3O4S. The second-order valence-electron chi connectivity index (χ2n) is 9.46. The van der Waals surface area contributed by atoms with Gasteiger partial charge in [0.2, 0.25) is 5.91 Å². The van der Waals surface area contributed by atoms with E-state index in [0.29, 0.717) is 30.2 Å². The van der Waals surface area contributed by atoms with Crippen molar-refractivity contribution in [2.75, 3.05) is 18.5 Å². The molecule has 0 radical (unpaired) electrons. The molecular weight excluding hydrogens is 457 g/mol. The van der Waals surface area contributed by atoms with E-state index >= 15 is 0 Å². The van der Waals surface area contributed by atoms with Crippen LogP contribution in [-0.2, 0) is 20.5 Å². The van der Waals surface area contributed by atoms with Gasteiger partial charge in [0.05, 0.1) is 4.90 Å². The molecule has 1 fully saturated rings. The average Bonchev–Trinajstić information content (AvgIpc) is 2.79. The predicted molar refractivity (Wildman–Crippen MR) is 130 cm³/mol. The van der Waals surface area contributed by atoms with Crippen LogP contribution in [0, 0.1) is 11.7 Å². The molecule has 1 heterocycles. The first-order valence-electron chi connectivity index (χ1n) is 11.4. The molecule has 1 saturated heterocycles. The van der Waals surface area contributed by atoms with Gasteiger partial charge in [0.25, 0.3) is 5.91 Å². The molecule has 9 heteroatoms. The zero-order valence-electron chi connectivity index (χ0n) is 19.7. The molecule has 34 heavy (non-hydrogen) atoms. The summed E-state index contributed by atoms with van der Waals surface area (Å²) in [7, 11) is -1.38. The van der Waals surface area contributed by atoms with E-state index in [1.165, 1.54) is 24.3 Å². The van der Waals surface area contributed by atoms with E-state index in [2.05, 4.69) is 15.4 Å². The van der Waals surface area contributed by atoms with Crippen LogP contribution in [0.25, 0.3) is 0 Å². The van der Waals surface area contributed by atoms with Gasteiger partial charge in [-0.3, -0.25) is 9.59 Å². The minimum absolute atomic E-state index is 0.242. The maximum atomic E-state index is 13.2. The van der Waals surface area contributed by atoms with Crippen molar-refractivity contribution in [3.05, 3.63) is 59.9 Å². The third kappa shape index (κ3) is 8.00. The van der Waals surface area contributed by atoms with Crippen molar-refractivity contribution in [2.45, 2.75) is 56.5 Å². The zero-order valence-corrected chi connectivity index (χ0v) is 20.5. The van der Waals surface area contributed by atoms with Gasteiger partial charge >= 0.3 is 0 Å². The Hall–Kier alpha value is -2.62. The maximum absolute atomic E-state index is 13.2. The lowest BCUT2D eigenvalue weighted by Gasteiger charge is -2.27. The Balaban J connectivity index is 1.69. The Morgan fingerprint density at radius 2 is 1.68 bits per heavy atom. The van der Waals surface area contributed by atoms with Crippen LogP contribution in [0.4, 0.5) is 10.1 Å². The van der Waals surface area contributed by atoms with Crippen LogP contribution >= 0.6 is 0 Å². The molecule has 1 aliphatic heterocycles. The topological polar surface area (TPSA) is 96.5 Å². The molecule has 0 bridgehead atoms. The minimum Gasteiger partial charge on any atom is -0.381 e. The second kappa shape index (κ2) is 11.7. The van der Waals surface area contributed by atoms with Crippen LogP contribution in [0.1, 0.15) is 50.4 Å². The van der Waals surface area contributed by atoms with Gasteiger partial charge in [0.1, 0.15) is 22.8 Å².